The quantitative estimate of drug-likeness (QED) is 0.828. The minimum Gasteiger partial charge on any atom is -0.478 e. The topological polar surface area (TPSA) is 37.3 Å². The van der Waals surface area contributed by atoms with Gasteiger partial charge in [0.2, 0.25) is 0 Å². The molecule has 0 heterocycles. The predicted molar refractivity (Wildman–Crippen MR) is 68.5 cm³/mol. The number of carboxylic acids is 1. The summed E-state index contributed by atoms with van der Waals surface area (Å²) in [4.78, 5) is 11.1. The standard InChI is InChI=1S/C15H10F4O2/c1-8-7-9(15(17,18)19)5-6-10(8)11-3-2-4-12(16)13(11)14(20)21/h2-7H,1H3,(H,20,21). The predicted octanol–water partition coefficient (Wildman–Crippen LogP) is 4.52. The van der Waals surface area contributed by atoms with E-state index in [1.54, 1.807) is 0 Å². The van der Waals surface area contributed by atoms with Gasteiger partial charge in [-0.2, -0.15) is 13.2 Å². The molecule has 0 radical (unpaired) electrons. The first-order chi connectivity index (χ1) is 9.71. The van der Waals surface area contributed by atoms with E-state index in [9.17, 15) is 22.4 Å². The van der Waals surface area contributed by atoms with E-state index < -0.39 is 29.1 Å². The van der Waals surface area contributed by atoms with Gasteiger partial charge in [0.25, 0.3) is 0 Å². The van der Waals surface area contributed by atoms with E-state index in [-0.39, 0.29) is 16.7 Å². The van der Waals surface area contributed by atoms with Crippen molar-refractivity contribution in [2.75, 3.05) is 0 Å². The summed E-state index contributed by atoms with van der Waals surface area (Å²) in [6.45, 7) is 1.42. The first kappa shape index (κ1) is 15.0. The number of aromatic carboxylic acids is 1. The van der Waals surface area contributed by atoms with Crippen molar-refractivity contribution in [2.24, 2.45) is 0 Å². The van der Waals surface area contributed by atoms with Crippen LogP contribution in [0, 0.1) is 12.7 Å². The summed E-state index contributed by atoms with van der Waals surface area (Å²) in [7, 11) is 0. The van der Waals surface area contributed by atoms with Crippen LogP contribution < -0.4 is 0 Å². The maximum Gasteiger partial charge on any atom is 0.416 e. The second kappa shape index (κ2) is 5.20. The molecular formula is C15H10F4O2. The van der Waals surface area contributed by atoms with Crippen LogP contribution in [0.1, 0.15) is 21.5 Å². The molecule has 2 nitrogen and oxygen atoms in total. The van der Waals surface area contributed by atoms with Gasteiger partial charge in [0, 0.05) is 0 Å². The smallest absolute Gasteiger partial charge is 0.416 e. The zero-order chi connectivity index (χ0) is 15.8. The summed E-state index contributed by atoms with van der Waals surface area (Å²) in [5, 5.41) is 9.06. The van der Waals surface area contributed by atoms with Crippen molar-refractivity contribution in [1.82, 2.24) is 0 Å². The van der Waals surface area contributed by atoms with Gasteiger partial charge in [0.1, 0.15) is 11.4 Å². The van der Waals surface area contributed by atoms with Gasteiger partial charge in [-0.3, -0.25) is 0 Å². The van der Waals surface area contributed by atoms with Crippen molar-refractivity contribution in [1.29, 1.82) is 0 Å². The molecule has 0 amide bonds. The van der Waals surface area contributed by atoms with Gasteiger partial charge >= 0.3 is 12.1 Å². The fraction of sp³-hybridized carbons (Fsp3) is 0.133. The largest absolute Gasteiger partial charge is 0.478 e. The van der Waals surface area contributed by atoms with Gasteiger partial charge in [-0.15, -0.1) is 0 Å². The second-order valence-corrected chi connectivity index (χ2v) is 4.50. The summed E-state index contributed by atoms with van der Waals surface area (Å²) in [6.07, 6.45) is -4.49. The van der Waals surface area contributed by atoms with E-state index in [0.29, 0.717) is 0 Å². The van der Waals surface area contributed by atoms with Crippen molar-refractivity contribution in [2.45, 2.75) is 13.1 Å². The van der Waals surface area contributed by atoms with E-state index in [1.807, 2.05) is 0 Å². The molecule has 0 atom stereocenters. The van der Waals surface area contributed by atoms with Crippen molar-refractivity contribution in [3.63, 3.8) is 0 Å². The van der Waals surface area contributed by atoms with Crippen molar-refractivity contribution in [3.05, 3.63) is 58.9 Å². The number of alkyl halides is 3. The van der Waals surface area contributed by atoms with Crippen molar-refractivity contribution in [3.8, 4) is 11.1 Å². The van der Waals surface area contributed by atoms with Gasteiger partial charge in [-0.05, 0) is 41.8 Å². The van der Waals surface area contributed by atoms with Gasteiger partial charge in [-0.25, -0.2) is 9.18 Å². The zero-order valence-electron chi connectivity index (χ0n) is 10.8. The Morgan fingerprint density at radius 2 is 1.76 bits per heavy atom. The van der Waals surface area contributed by atoms with E-state index >= 15 is 0 Å². The van der Waals surface area contributed by atoms with E-state index in [4.69, 9.17) is 5.11 Å². The summed E-state index contributed by atoms with van der Waals surface area (Å²) >= 11 is 0. The molecule has 0 aromatic heterocycles. The first-order valence-electron chi connectivity index (χ1n) is 5.92. The number of benzene rings is 2. The van der Waals surface area contributed by atoms with Crippen molar-refractivity contribution >= 4 is 5.97 Å². The van der Waals surface area contributed by atoms with Gasteiger partial charge < -0.3 is 5.11 Å². The third-order valence-electron chi connectivity index (χ3n) is 3.07. The summed E-state index contributed by atoms with van der Waals surface area (Å²) in [5.41, 5.74) is -0.871. The average Bonchev–Trinajstić information content (AvgIpc) is 2.36. The zero-order valence-corrected chi connectivity index (χ0v) is 10.8. The average molecular weight is 298 g/mol. The molecule has 0 fully saturated rings. The van der Waals surface area contributed by atoms with Gasteiger partial charge in [0.15, 0.2) is 0 Å². The van der Waals surface area contributed by atoms with Crippen LogP contribution in [0.25, 0.3) is 11.1 Å². The molecular weight excluding hydrogens is 288 g/mol. The lowest BCUT2D eigenvalue weighted by Crippen LogP contribution is -2.07. The molecule has 0 aliphatic heterocycles. The normalized spacial score (nSPS) is 11.5. The van der Waals surface area contributed by atoms with Crippen LogP contribution in [-0.4, -0.2) is 11.1 Å². The van der Waals surface area contributed by atoms with Crippen LogP contribution in [0.2, 0.25) is 0 Å². The second-order valence-electron chi connectivity index (χ2n) is 4.50. The van der Waals surface area contributed by atoms with Crippen LogP contribution in [-0.2, 0) is 6.18 Å². The van der Waals surface area contributed by atoms with Crippen molar-refractivity contribution < 1.29 is 27.5 Å². The maximum absolute atomic E-state index is 13.6. The van der Waals surface area contributed by atoms with E-state index in [2.05, 4.69) is 0 Å². The maximum atomic E-state index is 13.6. The lowest BCUT2D eigenvalue weighted by molar-refractivity contribution is -0.137. The van der Waals surface area contributed by atoms with Crippen LogP contribution >= 0.6 is 0 Å². The molecule has 21 heavy (non-hydrogen) atoms. The fourth-order valence-electron chi connectivity index (χ4n) is 2.11. The number of rotatable bonds is 2. The number of hydrogen-bond donors (Lipinski definition) is 1. The van der Waals surface area contributed by atoms with Crippen LogP contribution in [0.4, 0.5) is 17.6 Å². The number of halogens is 4. The minimum absolute atomic E-state index is 0.0497. The molecule has 6 heteroatoms. The molecule has 2 rings (SSSR count). The monoisotopic (exact) mass is 298 g/mol. The summed E-state index contributed by atoms with van der Waals surface area (Å²) in [5.74, 6) is -2.40. The van der Waals surface area contributed by atoms with Gasteiger partial charge in [0.05, 0.1) is 5.56 Å². The van der Waals surface area contributed by atoms with Crippen LogP contribution in [0.5, 0.6) is 0 Å². The van der Waals surface area contributed by atoms with Crippen LogP contribution in [0.3, 0.4) is 0 Å². The lowest BCUT2D eigenvalue weighted by Gasteiger charge is -2.13. The Morgan fingerprint density at radius 1 is 1.10 bits per heavy atom. The lowest BCUT2D eigenvalue weighted by atomic mass is 9.94. The highest BCUT2D eigenvalue weighted by atomic mass is 19.4. The van der Waals surface area contributed by atoms with E-state index in [1.165, 1.54) is 19.1 Å². The molecule has 0 saturated carbocycles. The Bertz CT molecular complexity index is 705. The number of carboxylic acid groups (broad SMARTS) is 1. The molecule has 0 spiro atoms. The Hall–Kier alpha value is -2.37. The minimum atomic E-state index is -4.49. The molecule has 110 valence electrons. The Kier molecular flexibility index (Phi) is 3.72. The molecule has 2 aromatic carbocycles. The Labute approximate surface area is 117 Å². The highest BCUT2D eigenvalue weighted by Gasteiger charge is 2.31. The van der Waals surface area contributed by atoms with Crippen LogP contribution in [0.15, 0.2) is 36.4 Å². The molecule has 0 unspecified atom stereocenters. The first-order valence-corrected chi connectivity index (χ1v) is 5.92. The van der Waals surface area contributed by atoms with E-state index in [0.717, 1.165) is 24.3 Å². The molecule has 0 bridgehead atoms. The number of aryl methyl sites for hydroxylation is 1. The van der Waals surface area contributed by atoms with Gasteiger partial charge in [-0.1, -0.05) is 18.2 Å². The molecule has 0 aliphatic carbocycles. The number of hydrogen-bond acceptors (Lipinski definition) is 1. The highest BCUT2D eigenvalue weighted by Crippen LogP contribution is 2.34. The third kappa shape index (κ3) is 2.89. The molecule has 1 N–H and O–H groups in total. The third-order valence-corrected chi connectivity index (χ3v) is 3.07. The Morgan fingerprint density at radius 3 is 2.29 bits per heavy atom. The fourth-order valence-corrected chi connectivity index (χ4v) is 2.11. The molecule has 0 aliphatic rings. The molecule has 0 saturated heterocycles. The number of carbonyl (C=O) groups is 1. The summed E-state index contributed by atoms with van der Waals surface area (Å²) < 4.78 is 51.5. The molecule has 2 aromatic rings. The Balaban J connectivity index is 2.64. The highest BCUT2D eigenvalue weighted by molar-refractivity contribution is 5.96. The SMILES string of the molecule is Cc1cc(C(F)(F)F)ccc1-c1cccc(F)c1C(=O)O. The summed E-state index contributed by atoms with van der Waals surface area (Å²) in [6, 6.07) is 6.58.